The third-order valence-corrected chi connectivity index (χ3v) is 6.11. The van der Waals surface area contributed by atoms with Crippen LogP contribution in [0.2, 0.25) is 0 Å². The molecular formula is C22H19N5O4. The quantitative estimate of drug-likeness (QED) is 0.654. The van der Waals surface area contributed by atoms with E-state index in [1.165, 1.54) is 12.3 Å². The molecule has 2 unspecified atom stereocenters. The van der Waals surface area contributed by atoms with Crippen LogP contribution in [-0.2, 0) is 21.5 Å². The molecule has 1 saturated heterocycles. The number of carbonyl (C=O) groups is 2. The summed E-state index contributed by atoms with van der Waals surface area (Å²) < 4.78 is 1.15. The highest BCUT2D eigenvalue weighted by Gasteiger charge is 2.59. The highest BCUT2D eigenvalue weighted by molar-refractivity contribution is 6.07. The van der Waals surface area contributed by atoms with Crippen LogP contribution in [0.4, 0.5) is 5.69 Å². The van der Waals surface area contributed by atoms with Gasteiger partial charge in [0.05, 0.1) is 6.04 Å². The zero-order chi connectivity index (χ0) is 21.6. The number of nitrogens with one attached hydrogen (secondary N) is 2. The number of hydrogen-bond acceptors (Lipinski definition) is 5. The predicted molar refractivity (Wildman–Crippen MR) is 111 cm³/mol. The van der Waals surface area contributed by atoms with Gasteiger partial charge in [0, 0.05) is 36.9 Å². The van der Waals surface area contributed by atoms with Crippen LogP contribution in [0.15, 0.2) is 70.6 Å². The number of anilines is 1. The number of rotatable bonds is 3. The summed E-state index contributed by atoms with van der Waals surface area (Å²) in [5.74, 6) is -0.476. The van der Waals surface area contributed by atoms with Crippen LogP contribution in [-0.4, -0.2) is 37.8 Å². The average molecular weight is 417 g/mol. The van der Waals surface area contributed by atoms with Crippen LogP contribution >= 0.6 is 0 Å². The molecule has 4 heterocycles. The van der Waals surface area contributed by atoms with Gasteiger partial charge in [0.2, 0.25) is 11.8 Å². The second-order valence-electron chi connectivity index (χ2n) is 7.74. The van der Waals surface area contributed by atoms with Gasteiger partial charge in [-0.3, -0.25) is 28.9 Å². The van der Waals surface area contributed by atoms with Crippen molar-refractivity contribution in [3.8, 4) is 0 Å². The fourth-order valence-corrected chi connectivity index (χ4v) is 4.76. The number of aromatic amines is 1. The largest absolute Gasteiger partial charge is 0.333 e. The summed E-state index contributed by atoms with van der Waals surface area (Å²) in [6, 6.07) is 11.8. The van der Waals surface area contributed by atoms with E-state index in [-0.39, 0.29) is 18.4 Å². The van der Waals surface area contributed by atoms with Crippen LogP contribution in [0.25, 0.3) is 0 Å². The zero-order valence-corrected chi connectivity index (χ0v) is 16.4. The molecule has 2 aromatic heterocycles. The van der Waals surface area contributed by atoms with Crippen LogP contribution in [0, 0.1) is 0 Å². The number of nitrogens with zero attached hydrogens (tertiary/aromatic N) is 3. The first-order chi connectivity index (χ1) is 15.0. The molecule has 1 aromatic carbocycles. The van der Waals surface area contributed by atoms with Crippen LogP contribution in [0.5, 0.6) is 0 Å². The van der Waals surface area contributed by atoms with Gasteiger partial charge >= 0.3 is 5.69 Å². The predicted octanol–water partition coefficient (Wildman–Crippen LogP) is 0.795. The van der Waals surface area contributed by atoms with Gasteiger partial charge in [-0.2, -0.15) is 0 Å². The molecule has 3 aromatic rings. The number of H-pyrrole nitrogens is 1. The Kier molecular flexibility index (Phi) is 4.32. The number of carbonyl (C=O) groups excluding carboxylic acids is 2. The van der Waals surface area contributed by atoms with E-state index in [2.05, 4.69) is 15.3 Å². The van der Waals surface area contributed by atoms with Gasteiger partial charge in [-0.05, 0) is 29.7 Å². The molecule has 9 nitrogen and oxygen atoms in total. The molecule has 1 fully saturated rings. The second kappa shape index (κ2) is 7.05. The summed E-state index contributed by atoms with van der Waals surface area (Å²) in [6.45, 7) is 0.101. The Morgan fingerprint density at radius 1 is 1.13 bits per heavy atom. The lowest BCUT2D eigenvalue weighted by Gasteiger charge is -2.34. The van der Waals surface area contributed by atoms with Crippen molar-refractivity contribution in [3.63, 3.8) is 0 Å². The first kappa shape index (κ1) is 19.0. The van der Waals surface area contributed by atoms with E-state index >= 15 is 0 Å². The summed E-state index contributed by atoms with van der Waals surface area (Å²) in [5.41, 5.74) is 0.218. The molecule has 2 aliphatic heterocycles. The average Bonchev–Trinajstić information content (AvgIpc) is 3.30. The molecule has 0 bridgehead atoms. The van der Waals surface area contributed by atoms with Crippen molar-refractivity contribution in [2.24, 2.45) is 0 Å². The van der Waals surface area contributed by atoms with Crippen molar-refractivity contribution < 1.29 is 9.59 Å². The molecule has 2 aliphatic rings. The normalized spacial score (nSPS) is 21.9. The van der Waals surface area contributed by atoms with Crippen LogP contribution in [0.1, 0.15) is 23.6 Å². The SMILES string of the molecule is O=C(Cn1ccc(=O)[nH]c1=O)N1CCC2(C(=O)Nc3ccccc32)C1c1cccnc1. The number of fused-ring (bicyclic) bond motifs is 2. The van der Waals surface area contributed by atoms with Gasteiger partial charge in [0.25, 0.3) is 5.56 Å². The highest BCUT2D eigenvalue weighted by atomic mass is 16.2. The molecule has 2 N–H and O–H groups in total. The van der Waals surface area contributed by atoms with E-state index in [1.54, 1.807) is 23.4 Å². The van der Waals surface area contributed by atoms with E-state index in [1.807, 2.05) is 30.3 Å². The molecule has 9 heteroatoms. The van der Waals surface area contributed by atoms with E-state index in [0.29, 0.717) is 13.0 Å². The van der Waals surface area contributed by atoms with E-state index < -0.39 is 22.7 Å². The van der Waals surface area contributed by atoms with Crippen molar-refractivity contribution in [2.75, 3.05) is 11.9 Å². The molecule has 1 spiro atoms. The fraction of sp³-hybridized carbons (Fsp3) is 0.227. The molecule has 0 radical (unpaired) electrons. The number of para-hydroxylation sites is 1. The van der Waals surface area contributed by atoms with E-state index in [9.17, 15) is 19.2 Å². The van der Waals surface area contributed by atoms with Crippen molar-refractivity contribution in [1.82, 2.24) is 19.4 Å². The summed E-state index contributed by atoms with van der Waals surface area (Å²) in [7, 11) is 0. The molecule has 0 aliphatic carbocycles. The van der Waals surface area contributed by atoms with Gasteiger partial charge in [0.1, 0.15) is 12.0 Å². The third kappa shape index (κ3) is 2.89. The van der Waals surface area contributed by atoms with Crippen molar-refractivity contribution in [2.45, 2.75) is 24.4 Å². The number of aromatic nitrogens is 3. The molecule has 0 saturated carbocycles. The highest BCUT2D eigenvalue weighted by Crippen LogP contribution is 2.54. The topological polar surface area (TPSA) is 117 Å². The molecule has 5 rings (SSSR count). The maximum atomic E-state index is 13.3. The minimum Gasteiger partial charge on any atom is -0.333 e. The number of likely N-dealkylation sites (tertiary alicyclic amines) is 1. The van der Waals surface area contributed by atoms with Crippen LogP contribution < -0.4 is 16.6 Å². The number of hydrogen-bond donors (Lipinski definition) is 2. The first-order valence-electron chi connectivity index (χ1n) is 9.91. The summed E-state index contributed by atoms with van der Waals surface area (Å²) >= 11 is 0. The minimum absolute atomic E-state index is 0.154. The van der Waals surface area contributed by atoms with Gasteiger partial charge in [0.15, 0.2) is 0 Å². The van der Waals surface area contributed by atoms with Gasteiger partial charge in [-0.1, -0.05) is 24.3 Å². The maximum absolute atomic E-state index is 13.3. The van der Waals surface area contributed by atoms with Gasteiger partial charge in [-0.15, -0.1) is 0 Å². The van der Waals surface area contributed by atoms with Crippen LogP contribution in [0.3, 0.4) is 0 Å². The number of amides is 2. The monoisotopic (exact) mass is 417 g/mol. The number of benzene rings is 1. The maximum Gasteiger partial charge on any atom is 0.328 e. The Labute approximate surface area is 176 Å². The van der Waals surface area contributed by atoms with E-state index in [4.69, 9.17) is 0 Å². The molecule has 2 atom stereocenters. The Morgan fingerprint density at radius 2 is 1.97 bits per heavy atom. The zero-order valence-electron chi connectivity index (χ0n) is 16.4. The summed E-state index contributed by atoms with van der Waals surface area (Å²) in [5, 5.41) is 2.96. The van der Waals surface area contributed by atoms with Crippen molar-refractivity contribution in [3.05, 3.63) is 93.0 Å². The Hall–Kier alpha value is -4.01. The first-order valence-corrected chi connectivity index (χ1v) is 9.91. The standard InChI is InChI=1S/C22H19N5O4/c28-17-7-10-26(21(31)25-17)13-18(29)27-11-8-22(19(27)14-4-3-9-23-12-14)15-5-1-2-6-16(15)24-20(22)30/h1-7,9-10,12,19H,8,11,13H2,(H,24,30)(H,25,28,31). The lowest BCUT2D eigenvalue weighted by atomic mass is 9.73. The molecular weight excluding hydrogens is 398 g/mol. The fourth-order valence-electron chi connectivity index (χ4n) is 4.76. The van der Waals surface area contributed by atoms with Gasteiger partial charge < -0.3 is 10.2 Å². The molecule has 2 amide bonds. The Morgan fingerprint density at radius 3 is 2.74 bits per heavy atom. The van der Waals surface area contributed by atoms with Gasteiger partial charge in [-0.25, -0.2) is 4.79 Å². The lowest BCUT2D eigenvalue weighted by molar-refractivity contribution is -0.134. The molecule has 156 valence electrons. The second-order valence-corrected chi connectivity index (χ2v) is 7.74. The molecule has 31 heavy (non-hydrogen) atoms. The minimum atomic E-state index is -0.939. The van der Waals surface area contributed by atoms with Crippen molar-refractivity contribution in [1.29, 1.82) is 0 Å². The summed E-state index contributed by atoms with van der Waals surface area (Å²) in [6.07, 6.45) is 5.04. The summed E-state index contributed by atoms with van der Waals surface area (Å²) in [4.78, 5) is 58.0. The van der Waals surface area contributed by atoms with Crippen molar-refractivity contribution >= 4 is 17.5 Å². The third-order valence-electron chi connectivity index (χ3n) is 6.11. The van der Waals surface area contributed by atoms with E-state index in [0.717, 1.165) is 21.4 Å². The smallest absolute Gasteiger partial charge is 0.328 e. The number of pyridine rings is 1. The Bertz CT molecular complexity index is 1300. The Balaban J connectivity index is 1.59. The lowest BCUT2D eigenvalue weighted by Crippen LogP contribution is -2.44.